The first-order chi connectivity index (χ1) is 9.77. The summed E-state index contributed by atoms with van der Waals surface area (Å²) in [4.78, 5) is 10.4. The van der Waals surface area contributed by atoms with Crippen LogP contribution >= 0.6 is 0 Å². The van der Waals surface area contributed by atoms with Crippen molar-refractivity contribution in [3.63, 3.8) is 0 Å². The molecule has 0 bridgehead atoms. The Morgan fingerprint density at radius 2 is 2.14 bits per heavy atom. The van der Waals surface area contributed by atoms with Gasteiger partial charge in [0.2, 0.25) is 0 Å². The van der Waals surface area contributed by atoms with Gasteiger partial charge in [0.05, 0.1) is 17.1 Å². The Bertz CT molecular complexity index is 487. The van der Waals surface area contributed by atoms with E-state index in [1.54, 1.807) is 13.0 Å². The number of hydrogen-bond donors (Lipinski definition) is 2. The largest absolute Gasteiger partial charge is 0.494 e. The zero-order valence-electron chi connectivity index (χ0n) is 13.0. The molecule has 1 atom stereocenters. The third kappa shape index (κ3) is 4.99. The van der Waals surface area contributed by atoms with E-state index in [0.29, 0.717) is 31.0 Å². The molecule has 118 valence electrons. The Balaban J connectivity index is 2.80. The first kappa shape index (κ1) is 17.4. The van der Waals surface area contributed by atoms with Crippen LogP contribution in [-0.2, 0) is 6.54 Å². The lowest BCUT2D eigenvalue weighted by Gasteiger charge is -2.28. The van der Waals surface area contributed by atoms with E-state index in [-0.39, 0.29) is 11.6 Å². The third-order valence-corrected chi connectivity index (χ3v) is 3.60. The third-order valence-electron chi connectivity index (χ3n) is 3.60. The van der Waals surface area contributed by atoms with Crippen LogP contribution in [-0.4, -0.2) is 28.8 Å². The van der Waals surface area contributed by atoms with Gasteiger partial charge in [-0.2, -0.15) is 0 Å². The van der Waals surface area contributed by atoms with E-state index < -0.39 is 10.5 Å². The van der Waals surface area contributed by atoms with Crippen LogP contribution in [0.3, 0.4) is 0 Å². The molecule has 0 aliphatic rings. The fourth-order valence-corrected chi connectivity index (χ4v) is 1.77. The second-order valence-corrected chi connectivity index (χ2v) is 5.60. The first-order valence-electron chi connectivity index (χ1n) is 7.11. The molecule has 0 saturated carbocycles. The first-order valence-corrected chi connectivity index (χ1v) is 7.11. The maximum Gasteiger partial charge on any atom is 0.270 e. The quantitative estimate of drug-likeness (QED) is 0.568. The fraction of sp³-hybridized carbons (Fsp3) is 0.600. The highest BCUT2D eigenvalue weighted by Gasteiger charge is 2.24. The summed E-state index contributed by atoms with van der Waals surface area (Å²) in [5.74, 6) is 0.737. The lowest BCUT2D eigenvalue weighted by atomic mass is 9.92. The Morgan fingerprint density at radius 3 is 2.67 bits per heavy atom. The van der Waals surface area contributed by atoms with Crippen LogP contribution in [0, 0.1) is 16.0 Å². The van der Waals surface area contributed by atoms with E-state index in [2.05, 4.69) is 5.32 Å². The minimum atomic E-state index is -0.827. The Hall–Kier alpha value is -1.66. The summed E-state index contributed by atoms with van der Waals surface area (Å²) in [7, 11) is 0. The highest BCUT2D eigenvalue weighted by molar-refractivity contribution is 5.43. The van der Waals surface area contributed by atoms with Crippen molar-refractivity contribution in [3.05, 3.63) is 33.9 Å². The molecule has 21 heavy (non-hydrogen) atoms. The molecular formula is C15H24N2O4. The van der Waals surface area contributed by atoms with Gasteiger partial charge in [0.1, 0.15) is 5.75 Å². The predicted octanol–water partition coefficient (Wildman–Crippen LogP) is 2.49. The molecule has 0 spiro atoms. The standard InChI is InChI=1S/C15H24N2O4/c1-5-21-14-7-6-13(17(19)20)8-12(14)9-16-10-15(4,18)11(2)3/h6-8,11,16,18H,5,9-10H2,1-4H3. The van der Waals surface area contributed by atoms with Crippen molar-refractivity contribution in [1.29, 1.82) is 0 Å². The molecule has 0 heterocycles. The maximum absolute atomic E-state index is 10.8. The molecule has 1 unspecified atom stereocenters. The summed E-state index contributed by atoms with van der Waals surface area (Å²) in [6.07, 6.45) is 0. The van der Waals surface area contributed by atoms with Crippen molar-refractivity contribution in [2.24, 2.45) is 5.92 Å². The molecule has 1 rings (SSSR count). The van der Waals surface area contributed by atoms with Gasteiger partial charge in [0.25, 0.3) is 5.69 Å². The van der Waals surface area contributed by atoms with Crippen LogP contribution in [0.2, 0.25) is 0 Å². The van der Waals surface area contributed by atoms with E-state index in [9.17, 15) is 15.2 Å². The highest BCUT2D eigenvalue weighted by Crippen LogP contribution is 2.24. The topological polar surface area (TPSA) is 84.6 Å². The minimum absolute atomic E-state index is 0.0332. The SMILES string of the molecule is CCOc1ccc([N+](=O)[O-])cc1CNCC(C)(O)C(C)C. The lowest BCUT2D eigenvalue weighted by Crippen LogP contribution is -2.42. The van der Waals surface area contributed by atoms with Gasteiger partial charge in [-0.15, -0.1) is 0 Å². The number of hydrogen-bond acceptors (Lipinski definition) is 5. The predicted molar refractivity (Wildman–Crippen MR) is 81.4 cm³/mol. The van der Waals surface area contributed by atoms with Crippen LogP contribution in [0.1, 0.15) is 33.3 Å². The summed E-state index contributed by atoms with van der Waals surface area (Å²) in [6, 6.07) is 4.54. The Kier molecular flexibility index (Phi) is 6.11. The van der Waals surface area contributed by atoms with Crippen molar-refractivity contribution >= 4 is 5.69 Å². The normalized spacial score (nSPS) is 14.0. The van der Waals surface area contributed by atoms with E-state index >= 15 is 0 Å². The number of ether oxygens (including phenoxy) is 1. The molecule has 1 aromatic rings. The molecule has 0 aliphatic heterocycles. The molecule has 0 aliphatic carbocycles. The number of benzene rings is 1. The van der Waals surface area contributed by atoms with Crippen LogP contribution < -0.4 is 10.1 Å². The summed E-state index contributed by atoms with van der Waals surface area (Å²) in [5.41, 5.74) is -0.0802. The van der Waals surface area contributed by atoms with Crippen LogP contribution in [0.5, 0.6) is 5.75 Å². The summed E-state index contributed by atoms with van der Waals surface area (Å²) in [5, 5.41) is 24.2. The van der Waals surface area contributed by atoms with Crippen molar-refractivity contribution in [3.8, 4) is 5.75 Å². The molecule has 0 aromatic heterocycles. The number of nitro benzene ring substituents is 1. The Morgan fingerprint density at radius 1 is 1.48 bits per heavy atom. The van der Waals surface area contributed by atoms with Gasteiger partial charge in [-0.1, -0.05) is 13.8 Å². The van der Waals surface area contributed by atoms with Gasteiger partial charge >= 0.3 is 0 Å². The minimum Gasteiger partial charge on any atom is -0.494 e. The molecule has 2 N–H and O–H groups in total. The van der Waals surface area contributed by atoms with E-state index in [4.69, 9.17) is 4.74 Å². The molecule has 0 fully saturated rings. The summed E-state index contributed by atoms with van der Waals surface area (Å²) < 4.78 is 5.48. The summed E-state index contributed by atoms with van der Waals surface area (Å²) in [6.45, 7) is 8.82. The molecule has 6 heteroatoms. The smallest absolute Gasteiger partial charge is 0.270 e. The van der Waals surface area contributed by atoms with Gasteiger partial charge in [0.15, 0.2) is 0 Å². The van der Waals surface area contributed by atoms with Crippen molar-refractivity contribution in [1.82, 2.24) is 5.32 Å². The monoisotopic (exact) mass is 296 g/mol. The van der Waals surface area contributed by atoms with Gasteiger partial charge in [-0.3, -0.25) is 10.1 Å². The number of nitrogens with one attached hydrogen (secondary N) is 1. The second-order valence-electron chi connectivity index (χ2n) is 5.60. The summed E-state index contributed by atoms with van der Waals surface area (Å²) >= 11 is 0. The highest BCUT2D eigenvalue weighted by atomic mass is 16.6. The zero-order valence-corrected chi connectivity index (χ0v) is 13.0. The van der Waals surface area contributed by atoms with Gasteiger partial charge in [0, 0.05) is 30.8 Å². The zero-order chi connectivity index (χ0) is 16.0. The number of nitro groups is 1. The van der Waals surface area contributed by atoms with Gasteiger partial charge in [-0.05, 0) is 25.8 Å². The molecule has 0 radical (unpaired) electrons. The number of rotatable bonds is 8. The number of non-ortho nitro benzene ring substituents is 1. The van der Waals surface area contributed by atoms with Crippen LogP contribution in [0.15, 0.2) is 18.2 Å². The van der Waals surface area contributed by atoms with Crippen molar-refractivity contribution in [2.75, 3.05) is 13.2 Å². The Labute approximate surface area is 125 Å². The average molecular weight is 296 g/mol. The van der Waals surface area contributed by atoms with Crippen LogP contribution in [0.25, 0.3) is 0 Å². The molecule has 1 aromatic carbocycles. The van der Waals surface area contributed by atoms with Gasteiger partial charge < -0.3 is 15.2 Å². The number of aliphatic hydroxyl groups is 1. The van der Waals surface area contributed by atoms with Gasteiger partial charge in [-0.25, -0.2) is 0 Å². The van der Waals surface area contributed by atoms with E-state index in [1.165, 1.54) is 12.1 Å². The second kappa shape index (κ2) is 7.38. The molecule has 6 nitrogen and oxygen atoms in total. The fourth-order valence-electron chi connectivity index (χ4n) is 1.77. The van der Waals surface area contributed by atoms with E-state index in [1.807, 2.05) is 20.8 Å². The van der Waals surface area contributed by atoms with E-state index in [0.717, 1.165) is 0 Å². The lowest BCUT2D eigenvalue weighted by molar-refractivity contribution is -0.384. The average Bonchev–Trinajstić information content (AvgIpc) is 2.40. The van der Waals surface area contributed by atoms with Crippen LogP contribution in [0.4, 0.5) is 5.69 Å². The van der Waals surface area contributed by atoms with Crippen molar-refractivity contribution in [2.45, 2.75) is 39.8 Å². The molecule has 0 amide bonds. The van der Waals surface area contributed by atoms with Crippen molar-refractivity contribution < 1.29 is 14.8 Å². The molecule has 0 saturated heterocycles. The molecular weight excluding hydrogens is 272 g/mol. The number of nitrogens with zero attached hydrogens (tertiary/aromatic N) is 1. The maximum atomic E-state index is 10.8.